The van der Waals surface area contributed by atoms with E-state index in [1.54, 1.807) is 36.8 Å². The molecule has 1 aliphatic rings. The van der Waals surface area contributed by atoms with E-state index < -0.39 is 12.0 Å². The van der Waals surface area contributed by atoms with Crippen LogP contribution in [0.1, 0.15) is 36.6 Å². The van der Waals surface area contributed by atoms with E-state index in [-0.39, 0.29) is 24.3 Å². The van der Waals surface area contributed by atoms with E-state index in [1.807, 2.05) is 61.7 Å². The van der Waals surface area contributed by atoms with Crippen molar-refractivity contribution < 1.29 is 23.7 Å². The molecular formula is C36H33Cl2N3O6S. The molecule has 9 nitrogen and oxygen atoms in total. The Kier molecular flexibility index (Phi) is 10.1. The molecule has 0 unspecified atom stereocenters. The summed E-state index contributed by atoms with van der Waals surface area (Å²) in [5.41, 5.74) is 3.69. The number of hydrogen-bond donors (Lipinski definition) is 0. The third-order valence-corrected chi connectivity index (χ3v) is 9.61. The van der Waals surface area contributed by atoms with E-state index in [4.69, 9.17) is 47.1 Å². The van der Waals surface area contributed by atoms with Gasteiger partial charge in [-0.3, -0.25) is 9.36 Å². The first-order chi connectivity index (χ1) is 23.2. The third kappa shape index (κ3) is 6.41. The Morgan fingerprint density at radius 3 is 2.62 bits per heavy atom. The van der Waals surface area contributed by atoms with Gasteiger partial charge in [0.2, 0.25) is 0 Å². The van der Waals surface area contributed by atoms with Crippen LogP contribution in [-0.2, 0) is 20.8 Å². The topological polar surface area (TPSA) is 93.3 Å². The number of nitrogens with zero attached hydrogens (tertiary/aromatic N) is 3. The van der Waals surface area contributed by atoms with E-state index in [1.165, 1.54) is 18.4 Å². The zero-order valence-corrected chi connectivity index (χ0v) is 29.1. The monoisotopic (exact) mass is 705 g/mol. The number of ether oxygens (including phenoxy) is 4. The number of allylic oxidation sites excluding steroid dienone is 1. The van der Waals surface area contributed by atoms with Crippen LogP contribution in [0.2, 0.25) is 10.0 Å². The van der Waals surface area contributed by atoms with Crippen molar-refractivity contribution in [3.05, 3.63) is 125 Å². The van der Waals surface area contributed by atoms with Crippen molar-refractivity contribution in [1.82, 2.24) is 9.13 Å². The van der Waals surface area contributed by atoms with Crippen LogP contribution in [0.15, 0.2) is 87.9 Å². The van der Waals surface area contributed by atoms with Crippen LogP contribution in [0.5, 0.6) is 11.5 Å². The van der Waals surface area contributed by atoms with Gasteiger partial charge in [-0.15, -0.1) is 0 Å². The van der Waals surface area contributed by atoms with E-state index >= 15 is 0 Å². The molecule has 3 heterocycles. The fraction of sp³-hybridized carbons (Fsp3) is 0.250. The predicted molar refractivity (Wildman–Crippen MR) is 188 cm³/mol. The summed E-state index contributed by atoms with van der Waals surface area (Å²) in [5, 5.41) is 2.11. The average molecular weight is 707 g/mol. The molecule has 0 fully saturated rings. The lowest BCUT2D eigenvalue weighted by atomic mass is 9.94. The molecule has 5 aromatic rings. The van der Waals surface area contributed by atoms with Gasteiger partial charge in [0.1, 0.15) is 12.6 Å². The van der Waals surface area contributed by atoms with E-state index in [9.17, 15) is 9.59 Å². The smallest absolute Gasteiger partial charge is 0.338 e. The first-order valence-corrected chi connectivity index (χ1v) is 16.8. The molecule has 0 radical (unpaired) electrons. The maximum absolute atomic E-state index is 14.4. The first-order valence-electron chi connectivity index (χ1n) is 15.3. The van der Waals surface area contributed by atoms with E-state index in [2.05, 4.69) is 4.57 Å². The number of hydrogen-bond acceptors (Lipinski definition) is 8. The average Bonchev–Trinajstić information content (AvgIpc) is 3.57. The molecule has 0 bridgehead atoms. The van der Waals surface area contributed by atoms with Gasteiger partial charge in [0.05, 0.1) is 36.1 Å². The van der Waals surface area contributed by atoms with Gasteiger partial charge in [-0.2, -0.15) is 0 Å². The maximum atomic E-state index is 14.4. The maximum Gasteiger partial charge on any atom is 0.338 e. The molecular weight excluding hydrogens is 673 g/mol. The van der Waals surface area contributed by atoms with Crippen LogP contribution in [0.3, 0.4) is 0 Å². The van der Waals surface area contributed by atoms with Crippen molar-refractivity contribution in [3.63, 3.8) is 0 Å². The largest absolute Gasteiger partial charge is 0.493 e. The Hall–Kier alpha value is -4.35. The highest BCUT2D eigenvalue weighted by Gasteiger charge is 2.36. The van der Waals surface area contributed by atoms with Gasteiger partial charge < -0.3 is 23.5 Å². The summed E-state index contributed by atoms with van der Waals surface area (Å²) in [6.07, 6.45) is 3.87. The summed E-state index contributed by atoms with van der Waals surface area (Å²) in [7, 11) is 3.08. The highest BCUT2D eigenvalue weighted by Crippen LogP contribution is 2.41. The number of aromatic nitrogens is 2. The number of thiazole rings is 1. The molecule has 248 valence electrons. The van der Waals surface area contributed by atoms with Crippen molar-refractivity contribution in [2.45, 2.75) is 26.4 Å². The number of carbonyl (C=O) groups is 1. The second-order valence-electron chi connectivity index (χ2n) is 11.0. The van der Waals surface area contributed by atoms with Gasteiger partial charge in [0.25, 0.3) is 5.56 Å². The highest BCUT2D eigenvalue weighted by molar-refractivity contribution is 7.07. The minimum Gasteiger partial charge on any atom is -0.493 e. The number of methoxy groups -OCH3 is 2. The molecule has 0 amide bonds. The van der Waals surface area contributed by atoms with Crippen molar-refractivity contribution in [2.24, 2.45) is 4.99 Å². The molecule has 0 aliphatic carbocycles. The summed E-state index contributed by atoms with van der Waals surface area (Å²) in [5.74, 6) is 0.316. The minimum absolute atomic E-state index is 0.0466. The van der Waals surface area contributed by atoms with Crippen LogP contribution in [0, 0.1) is 0 Å². The quantitative estimate of drug-likeness (QED) is 0.121. The first kappa shape index (κ1) is 33.5. The molecule has 6 rings (SSSR count). The van der Waals surface area contributed by atoms with Gasteiger partial charge in [0.15, 0.2) is 16.3 Å². The van der Waals surface area contributed by atoms with Crippen LogP contribution in [0.25, 0.3) is 17.0 Å². The van der Waals surface area contributed by atoms with Crippen LogP contribution >= 0.6 is 34.5 Å². The summed E-state index contributed by atoms with van der Waals surface area (Å²) in [4.78, 5) is 33.3. The Morgan fingerprint density at radius 1 is 1.06 bits per heavy atom. The summed E-state index contributed by atoms with van der Waals surface area (Å²) in [6, 6.07) is 18.0. The Morgan fingerprint density at radius 2 is 1.88 bits per heavy atom. The molecule has 0 saturated carbocycles. The predicted octanol–water partition coefficient (Wildman–Crippen LogP) is 6.14. The molecule has 48 heavy (non-hydrogen) atoms. The van der Waals surface area contributed by atoms with Crippen LogP contribution in [0.4, 0.5) is 0 Å². The van der Waals surface area contributed by atoms with Crippen LogP contribution in [-0.4, -0.2) is 49.1 Å². The standard InChI is InChI=1S/C36H33Cl2N3O6S/c1-5-46-33-26(10-8-12-29(33)45-4)32-31(35(43)47-16-15-44-3)21(2)39-36-41(32)34(42)30(48-36)17-23-20-40(28-11-7-6-9-25(23)28)19-22-13-14-24(37)18-27(22)38/h6-14,17-18,20,32H,5,15-16,19H2,1-4H3/b30-17+/t32-/m0/s1. The van der Waals surface area contributed by atoms with E-state index in [0.717, 1.165) is 22.0 Å². The van der Waals surface area contributed by atoms with Gasteiger partial charge in [0, 0.05) is 51.9 Å². The normalized spacial score (nSPS) is 14.6. The number of esters is 1. The fourth-order valence-electron chi connectivity index (χ4n) is 5.88. The molecule has 0 N–H and O–H groups in total. The van der Waals surface area contributed by atoms with Crippen molar-refractivity contribution >= 4 is 57.5 Å². The van der Waals surface area contributed by atoms with Crippen molar-refractivity contribution in [1.29, 1.82) is 0 Å². The van der Waals surface area contributed by atoms with Gasteiger partial charge in [-0.05, 0) is 49.8 Å². The van der Waals surface area contributed by atoms with Gasteiger partial charge in [-0.25, -0.2) is 9.79 Å². The zero-order valence-electron chi connectivity index (χ0n) is 26.8. The number of halogens is 2. The van der Waals surface area contributed by atoms with Crippen molar-refractivity contribution in [3.8, 4) is 11.5 Å². The SMILES string of the molecule is CCOc1c(OC)cccc1[C@H]1C(C(=O)OCCOC)=C(C)N=c2s/c(=C/c3cn(Cc4ccc(Cl)cc4Cl)c4ccccc34)c(=O)n21. The number of para-hydroxylation sites is 2. The van der Waals surface area contributed by atoms with Crippen LogP contribution < -0.4 is 24.4 Å². The summed E-state index contributed by atoms with van der Waals surface area (Å²) >= 11 is 13.9. The second kappa shape index (κ2) is 14.4. The Labute approximate surface area is 290 Å². The fourth-order valence-corrected chi connectivity index (χ4v) is 7.38. The highest BCUT2D eigenvalue weighted by atomic mass is 35.5. The molecule has 0 spiro atoms. The number of rotatable bonds is 11. The van der Waals surface area contributed by atoms with Gasteiger partial charge in [-0.1, -0.05) is 70.9 Å². The lowest BCUT2D eigenvalue weighted by Crippen LogP contribution is -2.40. The third-order valence-electron chi connectivity index (χ3n) is 8.04. The van der Waals surface area contributed by atoms with Crippen molar-refractivity contribution in [2.75, 3.05) is 34.0 Å². The molecule has 0 saturated heterocycles. The molecule has 2 aromatic heterocycles. The Balaban J connectivity index is 1.53. The lowest BCUT2D eigenvalue weighted by Gasteiger charge is -2.27. The second-order valence-corrected chi connectivity index (χ2v) is 12.8. The number of fused-ring (bicyclic) bond motifs is 2. The zero-order chi connectivity index (χ0) is 33.9. The molecule has 12 heteroatoms. The van der Waals surface area contributed by atoms with Gasteiger partial charge >= 0.3 is 5.97 Å². The Bertz CT molecular complexity index is 2240. The number of carbonyl (C=O) groups excluding carboxylic acids is 1. The van der Waals surface area contributed by atoms with E-state index in [0.29, 0.717) is 55.3 Å². The number of benzene rings is 3. The summed E-state index contributed by atoms with van der Waals surface area (Å²) in [6.45, 7) is 4.73. The molecule has 1 atom stereocenters. The molecule has 3 aromatic carbocycles. The summed E-state index contributed by atoms with van der Waals surface area (Å²) < 4.78 is 26.4. The minimum atomic E-state index is -0.886. The molecule has 1 aliphatic heterocycles. The lowest BCUT2D eigenvalue weighted by molar-refractivity contribution is -0.140.